The van der Waals surface area contributed by atoms with E-state index in [9.17, 15) is 4.79 Å². The molecule has 110 valence electrons. The summed E-state index contributed by atoms with van der Waals surface area (Å²) in [6, 6.07) is 7.64. The lowest BCUT2D eigenvalue weighted by atomic mass is 10.1. The molecule has 0 aliphatic heterocycles. The SMILES string of the molecule is CNC(=O)c1c(C)nc(N)nc1COc1ccc(C)cc1. The van der Waals surface area contributed by atoms with E-state index >= 15 is 0 Å². The van der Waals surface area contributed by atoms with E-state index < -0.39 is 0 Å². The number of amides is 1. The number of nitrogens with zero attached hydrogens (tertiary/aromatic N) is 2. The number of nitrogen functional groups attached to an aromatic ring is 1. The molecule has 1 aromatic heterocycles. The first-order valence-electron chi connectivity index (χ1n) is 6.55. The number of carbonyl (C=O) groups is 1. The molecule has 0 bridgehead atoms. The first kappa shape index (κ1) is 14.8. The van der Waals surface area contributed by atoms with Crippen molar-refractivity contribution < 1.29 is 9.53 Å². The number of aromatic nitrogens is 2. The second kappa shape index (κ2) is 6.21. The predicted octanol–water partition coefficient (Wildman–Crippen LogP) is 1.61. The molecule has 0 atom stereocenters. The molecule has 1 amide bonds. The Kier molecular flexibility index (Phi) is 4.37. The highest BCUT2D eigenvalue weighted by molar-refractivity contribution is 5.96. The van der Waals surface area contributed by atoms with Gasteiger partial charge in [0.25, 0.3) is 5.91 Å². The molecular formula is C15H18N4O2. The minimum Gasteiger partial charge on any atom is -0.487 e. The number of rotatable bonds is 4. The van der Waals surface area contributed by atoms with Crippen molar-refractivity contribution in [3.63, 3.8) is 0 Å². The average Bonchev–Trinajstić information content (AvgIpc) is 2.45. The molecule has 0 saturated carbocycles. The number of ether oxygens (including phenoxy) is 1. The summed E-state index contributed by atoms with van der Waals surface area (Å²) in [4.78, 5) is 20.1. The van der Waals surface area contributed by atoms with Crippen LogP contribution < -0.4 is 15.8 Å². The van der Waals surface area contributed by atoms with E-state index in [0.717, 1.165) is 5.56 Å². The lowest BCUT2D eigenvalue weighted by Gasteiger charge is -2.12. The number of hydrogen-bond acceptors (Lipinski definition) is 5. The van der Waals surface area contributed by atoms with Crippen LogP contribution in [0.15, 0.2) is 24.3 Å². The summed E-state index contributed by atoms with van der Waals surface area (Å²) in [5.41, 5.74) is 8.20. The number of aryl methyl sites for hydroxylation is 2. The van der Waals surface area contributed by atoms with Crippen LogP contribution in [0, 0.1) is 13.8 Å². The number of nitrogens with two attached hydrogens (primary N) is 1. The van der Waals surface area contributed by atoms with Gasteiger partial charge in [-0.05, 0) is 26.0 Å². The molecule has 3 N–H and O–H groups in total. The topological polar surface area (TPSA) is 90.1 Å². The fourth-order valence-electron chi connectivity index (χ4n) is 1.97. The van der Waals surface area contributed by atoms with Crippen molar-refractivity contribution in [2.45, 2.75) is 20.5 Å². The molecule has 0 unspecified atom stereocenters. The van der Waals surface area contributed by atoms with Gasteiger partial charge in [0.1, 0.15) is 12.4 Å². The van der Waals surface area contributed by atoms with Crippen LogP contribution in [-0.4, -0.2) is 22.9 Å². The molecule has 1 aromatic carbocycles. The van der Waals surface area contributed by atoms with Crippen molar-refractivity contribution in [2.24, 2.45) is 0 Å². The number of benzene rings is 1. The van der Waals surface area contributed by atoms with Crippen molar-refractivity contribution in [1.29, 1.82) is 0 Å². The number of hydrogen-bond donors (Lipinski definition) is 2. The van der Waals surface area contributed by atoms with Crippen LogP contribution in [-0.2, 0) is 6.61 Å². The summed E-state index contributed by atoms with van der Waals surface area (Å²) >= 11 is 0. The van der Waals surface area contributed by atoms with E-state index in [-0.39, 0.29) is 18.5 Å². The van der Waals surface area contributed by atoms with Gasteiger partial charge >= 0.3 is 0 Å². The molecule has 0 aliphatic carbocycles. The Morgan fingerprint density at radius 1 is 1.24 bits per heavy atom. The van der Waals surface area contributed by atoms with Gasteiger partial charge in [0.2, 0.25) is 5.95 Å². The zero-order valence-corrected chi connectivity index (χ0v) is 12.3. The highest BCUT2D eigenvalue weighted by Crippen LogP contribution is 2.17. The summed E-state index contributed by atoms with van der Waals surface area (Å²) in [5, 5.41) is 2.57. The Morgan fingerprint density at radius 3 is 2.52 bits per heavy atom. The molecule has 21 heavy (non-hydrogen) atoms. The molecule has 0 radical (unpaired) electrons. The summed E-state index contributed by atoms with van der Waals surface area (Å²) < 4.78 is 5.67. The molecule has 6 heteroatoms. The summed E-state index contributed by atoms with van der Waals surface area (Å²) in [7, 11) is 1.56. The number of carbonyl (C=O) groups excluding carboxylic acids is 1. The minimum absolute atomic E-state index is 0.127. The Morgan fingerprint density at radius 2 is 1.90 bits per heavy atom. The molecular weight excluding hydrogens is 268 g/mol. The van der Waals surface area contributed by atoms with Crippen molar-refractivity contribution in [2.75, 3.05) is 12.8 Å². The van der Waals surface area contributed by atoms with Gasteiger partial charge in [-0.3, -0.25) is 4.79 Å². The Bertz CT molecular complexity index is 653. The monoisotopic (exact) mass is 286 g/mol. The van der Waals surface area contributed by atoms with Gasteiger partial charge in [-0.1, -0.05) is 17.7 Å². The standard InChI is InChI=1S/C15H18N4O2/c1-9-4-6-11(7-5-9)21-8-12-13(14(20)17-3)10(2)18-15(16)19-12/h4-7H,8H2,1-3H3,(H,17,20)(H2,16,18,19). The van der Waals surface area contributed by atoms with Gasteiger partial charge in [0.15, 0.2) is 0 Å². The fourth-order valence-corrected chi connectivity index (χ4v) is 1.97. The fraction of sp³-hybridized carbons (Fsp3) is 0.267. The smallest absolute Gasteiger partial charge is 0.254 e. The van der Waals surface area contributed by atoms with E-state index in [2.05, 4.69) is 15.3 Å². The average molecular weight is 286 g/mol. The molecule has 2 rings (SSSR count). The third-order valence-electron chi connectivity index (χ3n) is 3.03. The van der Waals surface area contributed by atoms with E-state index in [1.54, 1.807) is 14.0 Å². The van der Waals surface area contributed by atoms with Gasteiger partial charge in [0.05, 0.1) is 17.0 Å². The van der Waals surface area contributed by atoms with Crippen LogP contribution >= 0.6 is 0 Å². The predicted molar refractivity (Wildman–Crippen MR) is 80.1 cm³/mol. The summed E-state index contributed by atoms with van der Waals surface area (Å²) in [6.45, 7) is 3.87. The maximum Gasteiger partial charge on any atom is 0.254 e. The molecule has 0 fully saturated rings. The van der Waals surface area contributed by atoms with Crippen molar-refractivity contribution in [3.8, 4) is 5.75 Å². The van der Waals surface area contributed by atoms with Crippen molar-refractivity contribution in [1.82, 2.24) is 15.3 Å². The molecule has 0 spiro atoms. The Labute approximate surface area is 123 Å². The van der Waals surface area contributed by atoms with Gasteiger partial charge in [-0.25, -0.2) is 9.97 Å². The third kappa shape index (κ3) is 3.47. The minimum atomic E-state index is -0.255. The maximum atomic E-state index is 11.9. The number of nitrogens with one attached hydrogen (secondary N) is 1. The van der Waals surface area contributed by atoms with Gasteiger partial charge < -0.3 is 15.8 Å². The van der Waals surface area contributed by atoms with Gasteiger partial charge in [-0.15, -0.1) is 0 Å². The summed E-state index contributed by atoms with van der Waals surface area (Å²) in [5.74, 6) is 0.580. The largest absolute Gasteiger partial charge is 0.487 e. The highest BCUT2D eigenvalue weighted by atomic mass is 16.5. The number of anilines is 1. The van der Waals surface area contributed by atoms with Crippen LogP contribution in [0.1, 0.15) is 27.3 Å². The zero-order chi connectivity index (χ0) is 15.4. The van der Waals surface area contributed by atoms with E-state index in [4.69, 9.17) is 10.5 Å². The van der Waals surface area contributed by atoms with Crippen molar-refractivity contribution in [3.05, 3.63) is 46.8 Å². The van der Waals surface area contributed by atoms with Crippen LogP contribution in [0.3, 0.4) is 0 Å². The lowest BCUT2D eigenvalue weighted by Crippen LogP contribution is -2.23. The second-order valence-electron chi connectivity index (χ2n) is 4.67. The second-order valence-corrected chi connectivity index (χ2v) is 4.67. The highest BCUT2D eigenvalue weighted by Gasteiger charge is 2.17. The quantitative estimate of drug-likeness (QED) is 0.891. The van der Waals surface area contributed by atoms with Crippen LogP contribution in [0.4, 0.5) is 5.95 Å². The lowest BCUT2D eigenvalue weighted by molar-refractivity contribution is 0.0959. The van der Waals surface area contributed by atoms with E-state index in [1.165, 1.54) is 0 Å². The van der Waals surface area contributed by atoms with Crippen LogP contribution in [0.25, 0.3) is 0 Å². The molecule has 0 aliphatic rings. The molecule has 6 nitrogen and oxygen atoms in total. The van der Waals surface area contributed by atoms with E-state index in [0.29, 0.717) is 22.7 Å². The maximum absolute atomic E-state index is 11.9. The molecule has 1 heterocycles. The Hall–Kier alpha value is -2.63. The van der Waals surface area contributed by atoms with Crippen molar-refractivity contribution >= 4 is 11.9 Å². The zero-order valence-electron chi connectivity index (χ0n) is 12.3. The first-order chi connectivity index (χ1) is 10.0. The Balaban J connectivity index is 2.26. The molecule has 2 aromatic rings. The third-order valence-corrected chi connectivity index (χ3v) is 3.03. The molecule has 0 saturated heterocycles. The van der Waals surface area contributed by atoms with Crippen LogP contribution in [0.5, 0.6) is 5.75 Å². The first-order valence-corrected chi connectivity index (χ1v) is 6.55. The van der Waals surface area contributed by atoms with E-state index in [1.807, 2.05) is 31.2 Å². The van der Waals surface area contributed by atoms with Gasteiger partial charge in [0, 0.05) is 7.05 Å². The van der Waals surface area contributed by atoms with Crippen LogP contribution in [0.2, 0.25) is 0 Å². The normalized spacial score (nSPS) is 10.2. The summed E-state index contributed by atoms with van der Waals surface area (Å²) in [6.07, 6.45) is 0. The van der Waals surface area contributed by atoms with Gasteiger partial charge in [-0.2, -0.15) is 0 Å².